The fourth-order valence-corrected chi connectivity index (χ4v) is 5.99. The smallest absolute Gasteiger partial charge is 0.189 e. The van der Waals surface area contributed by atoms with Crippen molar-refractivity contribution >= 4 is 15.9 Å². The molecule has 0 aromatic carbocycles. The maximum Gasteiger partial charge on any atom is 0.459 e. The van der Waals surface area contributed by atoms with Gasteiger partial charge in [-0.05, 0) is 0 Å². The first kappa shape index (κ1) is 11.1. The lowest BCUT2D eigenvalue weighted by molar-refractivity contribution is 0.278. The summed E-state index contributed by atoms with van der Waals surface area (Å²) in [6.07, 6.45) is 0. The monoisotopic (exact) mass is 244 g/mol. The lowest BCUT2D eigenvalue weighted by atomic mass is 10.8. The van der Waals surface area contributed by atoms with E-state index in [1.165, 1.54) is 0 Å². The van der Waals surface area contributed by atoms with Crippen LogP contribution >= 0.6 is 15.9 Å². The first-order chi connectivity index (χ1) is 6.57. The van der Waals surface area contributed by atoms with E-state index in [0.717, 1.165) is 0 Å². The summed E-state index contributed by atoms with van der Waals surface area (Å²) in [5, 5.41) is -0.611. The lowest BCUT2D eigenvalue weighted by Gasteiger charge is -2.18. The van der Waals surface area contributed by atoms with Gasteiger partial charge in [0.2, 0.25) is 0 Å². The Bertz CT molecular complexity index is 190. The maximum atomic E-state index is 9.96. The molecule has 82 valence electrons. The van der Waals surface area contributed by atoms with E-state index in [4.69, 9.17) is 18.1 Å². The van der Waals surface area contributed by atoms with E-state index in [0.29, 0.717) is 26.4 Å². The Balaban J connectivity index is 2.09. The fraction of sp³-hybridized carbons (Fsp3) is 1.00. The topological polar surface area (TPSA) is 77.4 Å². The Morgan fingerprint density at radius 3 is 1.43 bits per heavy atom. The van der Waals surface area contributed by atoms with Crippen LogP contribution in [0.4, 0.5) is 0 Å². The maximum absolute atomic E-state index is 9.96. The van der Waals surface area contributed by atoms with Gasteiger partial charge in [0.05, 0.1) is 0 Å². The quantitative estimate of drug-likeness (QED) is 0.704. The van der Waals surface area contributed by atoms with Gasteiger partial charge in [-0.15, -0.1) is 0 Å². The fourth-order valence-electron chi connectivity index (χ4n) is 1.36. The van der Waals surface area contributed by atoms with Crippen LogP contribution in [0, 0.1) is 0 Å². The second-order valence-corrected chi connectivity index (χ2v) is 8.34. The molecule has 0 unspecified atom stereocenters. The van der Waals surface area contributed by atoms with Gasteiger partial charge in [-0.3, -0.25) is 0 Å². The van der Waals surface area contributed by atoms with Crippen molar-refractivity contribution < 1.29 is 27.9 Å². The first-order valence-corrected chi connectivity index (χ1v) is 7.67. The van der Waals surface area contributed by atoms with Crippen molar-refractivity contribution in [2.75, 3.05) is 26.4 Å². The van der Waals surface area contributed by atoms with Crippen LogP contribution in [0.5, 0.6) is 0 Å². The zero-order valence-corrected chi connectivity index (χ0v) is 9.62. The third-order valence-corrected chi connectivity index (χ3v) is 8.07. The largest absolute Gasteiger partial charge is 0.459 e. The number of hydrogen-bond donors (Lipinski definition) is 2. The minimum absolute atomic E-state index is 0.356. The Labute approximate surface area is 83.3 Å². The van der Waals surface area contributed by atoms with E-state index in [-0.39, 0.29) is 0 Å². The molecule has 2 aliphatic heterocycles. The summed E-state index contributed by atoms with van der Waals surface area (Å²) in [6, 6.07) is 0. The Morgan fingerprint density at radius 1 is 0.857 bits per heavy atom. The second kappa shape index (κ2) is 3.89. The van der Waals surface area contributed by atoms with E-state index in [2.05, 4.69) is 0 Å². The van der Waals surface area contributed by atoms with Crippen LogP contribution < -0.4 is 0 Å². The molecular weight excluding hydrogens is 230 g/mol. The molecule has 14 heavy (non-hydrogen) atoms. The van der Waals surface area contributed by atoms with Crippen molar-refractivity contribution in [3.8, 4) is 0 Å². The molecule has 0 aromatic rings. The molecule has 2 heterocycles. The Morgan fingerprint density at radius 2 is 1.14 bits per heavy atom. The minimum atomic E-state index is -2.98. The summed E-state index contributed by atoms with van der Waals surface area (Å²) in [5.74, 6) is 0. The summed E-state index contributed by atoms with van der Waals surface area (Å²) in [6.45, 7) is 3.06. The van der Waals surface area contributed by atoms with Gasteiger partial charge in [-0.25, -0.2) is 0 Å². The lowest BCUT2D eigenvalue weighted by Crippen LogP contribution is -2.15. The molecule has 0 bridgehead atoms. The molecule has 0 atom stereocenters. The highest BCUT2D eigenvalue weighted by Crippen LogP contribution is 2.80. The Hall–Kier alpha value is 0.620. The van der Waals surface area contributed by atoms with Crippen molar-refractivity contribution in [2.45, 2.75) is 12.3 Å². The number of rotatable bonds is 2. The van der Waals surface area contributed by atoms with Gasteiger partial charge in [0.15, 0.2) is 0 Å². The van der Waals surface area contributed by atoms with E-state index in [1.54, 1.807) is 6.92 Å². The molecule has 8 heteroatoms. The second-order valence-electron chi connectivity index (χ2n) is 3.09. The predicted octanol–water partition coefficient (Wildman–Crippen LogP) is 0.936. The molecule has 0 saturated carbocycles. The van der Waals surface area contributed by atoms with Gasteiger partial charge in [0, 0.05) is 6.92 Å². The van der Waals surface area contributed by atoms with Crippen LogP contribution in [0.15, 0.2) is 0 Å². The molecule has 2 saturated heterocycles. The zero-order chi connectivity index (χ0) is 10.2. The molecule has 2 rings (SSSR count). The molecular formula is C6H14O6P2+2. The molecule has 2 fully saturated rings. The number of hydrogen-bond acceptors (Lipinski definition) is 6. The normalized spacial score (nSPS) is 30.0. The third-order valence-electron chi connectivity index (χ3n) is 2.22. The SMILES string of the molecule is CC([P+]1(O)OCCO1)[P+]1(O)OCCO1. The molecule has 0 radical (unpaired) electrons. The summed E-state index contributed by atoms with van der Waals surface area (Å²) < 4.78 is 20.5. The van der Waals surface area contributed by atoms with Crippen molar-refractivity contribution in [1.29, 1.82) is 0 Å². The van der Waals surface area contributed by atoms with Crippen LogP contribution in [0.3, 0.4) is 0 Å². The van der Waals surface area contributed by atoms with Gasteiger partial charge >= 0.3 is 21.3 Å². The highest BCUT2D eigenvalue weighted by molar-refractivity contribution is 7.79. The molecule has 2 aliphatic rings. The highest BCUT2D eigenvalue weighted by atomic mass is 31.3. The van der Waals surface area contributed by atoms with Gasteiger partial charge in [-0.2, -0.15) is 27.9 Å². The van der Waals surface area contributed by atoms with Crippen molar-refractivity contribution in [1.82, 2.24) is 0 Å². The van der Waals surface area contributed by atoms with Gasteiger partial charge in [0.1, 0.15) is 26.4 Å². The van der Waals surface area contributed by atoms with Gasteiger partial charge in [0.25, 0.3) is 0 Å². The van der Waals surface area contributed by atoms with Crippen LogP contribution in [0.25, 0.3) is 0 Å². The molecule has 6 nitrogen and oxygen atoms in total. The zero-order valence-electron chi connectivity index (χ0n) is 7.83. The summed E-state index contributed by atoms with van der Waals surface area (Å²) in [4.78, 5) is 19.9. The van der Waals surface area contributed by atoms with Crippen LogP contribution in [0.2, 0.25) is 0 Å². The Kier molecular flexibility index (Phi) is 3.09. The van der Waals surface area contributed by atoms with E-state index >= 15 is 0 Å². The molecule has 0 spiro atoms. The summed E-state index contributed by atoms with van der Waals surface area (Å²) in [5.41, 5.74) is 0. The minimum Gasteiger partial charge on any atom is -0.189 e. The predicted molar refractivity (Wildman–Crippen MR) is 51.5 cm³/mol. The van der Waals surface area contributed by atoms with Gasteiger partial charge < -0.3 is 0 Å². The standard InChI is InChI=1S/C6H14O6P2/c1-6(13(7)9-2-3-10-13)14(8)11-4-5-12-14/h6-8H,2-5H2,1H3/q+2. The first-order valence-electron chi connectivity index (χ1n) is 4.38. The van der Waals surface area contributed by atoms with Crippen molar-refractivity contribution in [2.24, 2.45) is 0 Å². The molecule has 0 amide bonds. The average Bonchev–Trinajstić information content (AvgIpc) is 2.75. The van der Waals surface area contributed by atoms with Crippen molar-refractivity contribution in [3.05, 3.63) is 0 Å². The van der Waals surface area contributed by atoms with E-state index in [1.807, 2.05) is 0 Å². The molecule has 2 N–H and O–H groups in total. The van der Waals surface area contributed by atoms with Crippen LogP contribution in [0.1, 0.15) is 6.92 Å². The average molecular weight is 244 g/mol. The highest BCUT2D eigenvalue weighted by Gasteiger charge is 2.71. The third kappa shape index (κ3) is 1.82. The summed E-state index contributed by atoms with van der Waals surface area (Å²) in [7, 11) is -5.95. The summed E-state index contributed by atoms with van der Waals surface area (Å²) >= 11 is 0. The van der Waals surface area contributed by atoms with E-state index in [9.17, 15) is 9.79 Å². The van der Waals surface area contributed by atoms with Gasteiger partial charge in [-0.1, -0.05) is 0 Å². The van der Waals surface area contributed by atoms with E-state index < -0.39 is 21.3 Å². The van der Waals surface area contributed by atoms with Crippen molar-refractivity contribution in [3.63, 3.8) is 0 Å². The molecule has 0 aliphatic carbocycles. The van der Waals surface area contributed by atoms with Crippen LogP contribution in [-0.2, 0) is 18.1 Å². The van der Waals surface area contributed by atoms with Crippen LogP contribution in [-0.4, -0.2) is 41.6 Å². The molecule has 0 aromatic heterocycles.